The summed E-state index contributed by atoms with van der Waals surface area (Å²) >= 11 is 0. The lowest BCUT2D eigenvalue weighted by Gasteiger charge is -2.48. The molecule has 24 heteroatoms. The molecule has 4 saturated heterocycles. The molecule has 24 nitrogen and oxygen atoms in total. The van der Waals surface area contributed by atoms with Crippen molar-refractivity contribution in [2.45, 2.75) is 130 Å². The quantitative estimate of drug-likeness (QED) is 0.0453. The second kappa shape index (κ2) is 21.6. The van der Waals surface area contributed by atoms with Gasteiger partial charge in [-0.3, -0.25) is 0 Å². The highest BCUT2D eigenvalue weighted by Gasteiger charge is 2.55. The molecule has 0 bridgehead atoms. The number of ether oxygens (including phenoxy) is 9. The van der Waals surface area contributed by atoms with Gasteiger partial charge < -0.3 is 114 Å². The Hall–Kier alpha value is -3.87. The summed E-state index contributed by atoms with van der Waals surface area (Å²) in [7, 11) is 0. The van der Waals surface area contributed by atoms with Crippen molar-refractivity contribution in [3.8, 4) is 23.0 Å². The van der Waals surface area contributed by atoms with E-state index in [1.165, 1.54) is 37.3 Å². The van der Waals surface area contributed by atoms with Crippen molar-refractivity contribution in [1.29, 1.82) is 0 Å². The van der Waals surface area contributed by atoms with Crippen LogP contribution in [0.4, 0.5) is 0 Å². The summed E-state index contributed by atoms with van der Waals surface area (Å²) in [5, 5.41) is 145. The van der Waals surface area contributed by atoms with Gasteiger partial charge in [0.25, 0.3) is 0 Å². The van der Waals surface area contributed by atoms with Crippen LogP contribution in [0.2, 0.25) is 0 Å². The first-order valence-corrected chi connectivity index (χ1v) is 20.2. The lowest BCUT2D eigenvalue weighted by atomic mass is 9.96. The Morgan fingerprint density at radius 2 is 1.28 bits per heavy atom. The molecule has 0 saturated carbocycles. The van der Waals surface area contributed by atoms with Crippen LogP contribution in [0.1, 0.15) is 18.1 Å². The molecule has 4 aliphatic heterocycles. The Morgan fingerprint density at radius 3 is 1.97 bits per heavy atom. The molecule has 4 fully saturated rings. The van der Waals surface area contributed by atoms with Crippen molar-refractivity contribution >= 4 is 12.0 Å². The number of phenolic OH excluding ortho intramolecular Hbond substituents is 4. The van der Waals surface area contributed by atoms with Crippen LogP contribution in [0.25, 0.3) is 6.08 Å². The van der Waals surface area contributed by atoms with Gasteiger partial charge in [-0.2, -0.15) is 0 Å². The fourth-order valence-corrected chi connectivity index (χ4v) is 7.32. The van der Waals surface area contributed by atoms with Crippen LogP contribution >= 0.6 is 0 Å². The minimum Gasteiger partial charge on any atom is -0.504 e. The average molecular weight is 919 g/mol. The predicted octanol–water partition coefficient (Wildman–Crippen LogP) is -4.73. The Kier molecular flexibility index (Phi) is 16.7. The highest BCUT2D eigenvalue weighted by molar-refractivity contribution is 5.87. The highest BCUT2D eigenvalue weighted by Crippen LogP contribution is 2.35. The Bertz CT molecular complexity index is 1870. The molecule has 2 aromatic carbocycles. The fourth-order valence-electron chi connectivity index (χ4n) is 7.32. The number of esters is 1. The molecular weight excluding hydrogens is 864 g/mol. The maximum atomic E-state index is 13.6. The van der Waals surface area contributed by atoms with E-state index in [1.54, 1.807) is 0 Å². The van der Waals surface area contributed by atoms with Crippen molar-refractivity contribution in [1.82, 2.24) is 0 Å². The van der Waals surface area contributed by atoms with Crippen molar-refractivity contribution in [2.24, 2.45) is 0 Å². The highest BCUT2D eigenvalue weighted by atomic mass is 16.8. The van der Waals surface area contributed by atoms with Gasteiger partial charge in [0.2, 0.25) is 0 Å². The molecule has 14 N–H and O–H groups in total. The summed E-state index contributed by atoms with van der Waals surface area (Å²) in [5.41, 5.74) is 0.693. The van der Waals surface area contributed by atoms with E-state index in [0.29, 0.717) is 5.56 Å². The van der Waals surface area contributed by atoms with Crippen molar-refractivity contribution in [2.75, 3.05) is 26.4 Å². The molecule has 4 aliphatic rings. The van der Waals surface area contributed by atoms with Crippen LogP contribution in [-0.4, -0.2) is 221 Å². The topological polar surface area (TPSA) is 383 Å². The third kappa shape index (κ3) is 11.4. The molecule has 0 aromatic heterocycles. The number of hydrogen-bond acceptors (Lipinski definition) is 24. The van der Waals surface area contributed by atoms with E-state index in [0.717, 1.165) is 18.2 Å². The number of rotatable bonds is 15. The van der Waals surface area contributed by atoms with Crippen LogP contribution in [0.15, 0.2) is 42.5 Å². The number of aromatic hydroxyl groups is 4. The number of aliphatic hydroxyl groups is 10. The van der Waals surface area contributed by atoms with E-state index < -0.39 is 160 Å². The van der Waals surface area contributed by atoms with E-state index in [2.05, 4.69) is 0 Å². The molecule has 0 amide bonds. The standard InChI is InChI=1S/C40H54O24/c1-15-26(48)30(52)36(64-38-31(53)27(49)22(46)13-57-38)40(59-15)63-35-33(55)39(56-9-8-17-3-6-19(43)21(45)11-17)61-24(14-58-37-32(54)29(51)28(50)23(12-41)60-37)34(35)62-25(47)7-4-16-2-5-18(42)20(44)10-16/h2-7,10-11,15,22-24,26-46,48-55H,8-9,12-14H2,1H3/t15-,22-,23-,24+,26+,27+,28-,29+,30+,31-,32-,33+,34+,35+,36+,37-,38+,39+,40-/m0/s1. The van der Waals surface area contributed by atoms with Crippen molar-refractivity contribution < 1.29 is 119 Å². The van der Waals surface area contributed by atoms with Crippen molar-refractivity contribution in [3.63, 3.8) is 0 Å². The van der Waals surface area contributed by atoms with E-state index in [9.17, 15) is 76.3 Å². The lowest BCUT2D eigenvalue weighted by Crippen LogP contribution is -2.66. The predicted molar refractivity (Wildman–Crippen MR) is 206 cm³/mol. The van der Waals surface area contributed by atoms with Gasteiger partial charge >= 0.3 is 5.97 Å². The van der Waals surface area contributed by atoms with Gasteiger partial charge in [0.05, 0.1) is 32.5 Å². The van der Waals surface area contributed by atoms with Crippen molar-refractivity contribution in [3.05, 3.63) is 53.6 Å². The van der Waals surface area contributed by atoms with Gasteiger partial charge in [-0.1, -0.05) is 12.1 Å². The smallest absolute Gasteiger partial charge is 0.331 e. The summed E-state index contributed by atoms with van der Waals surface area (Å²) in [4.78, 5) is 13.6. The Balaban J connectivity index is 1.33. The fraction of sp³-hybridized carbons (Fsp3) is 0.625. The summed E-state index contributed by atoms with van der Waals surface area (Å²) in [6, 6.07) is 7.62. The van der Waals surface area contributed by atoms with Crippen LogP contribution in [0, 0.1) is 0 Å². The third-order valence-corrected chi connectivity index (χ3v) is 11.1. The number of carbonyl (C=O) groups is 1. The van der Waals surface area contributed by atoms with Gasteiger partial charge in [-0.25, -0.2) is 4.79 Å². The SMILES string of the molecule is C[C@@H]1O[C@@H](O[C@@H]2[C@@H](O)[C@H](OCCc3ccc(O)c(O)c3)O[C@H](CO[C@H]3O[C@@H](CO)[C@H](O)[C@@H](O)[C@@H]3O)[C@H]2OC(=O)C=Cc2ccc(O)c(O)c2)[C@H](O[C@H]2OC[C@H](O)[C@@H](O)[C@@H]2O)[C@H](O)[C@@H]1O. The van der Waals surface area contributed by atoms with Crippen LogP contribution < -0.4 is 0 Å². The molecule has 19 atom stereocenters. The van der Waals surface area contributed by atoms with Gasteiger partial charge in [0.1, 0.15) is 79.4 Å². The molecule has 358 valence electrons. The molecule has 6 rings (SSSR count). The van der Waals surface area contributed by atoms with Gasteiger partial charge in [0.15, 0.2) is 54.3 Å². The molecule has 0 aliphatic carbocycles. The normalized spacial score (nSPS) is 39.5. The number of carbonyl (C=O) groups excluding carboxylic acids is 1. The van der Waals surface area contributed by atoms with E-state index in [1.807, 2.05) is 0 Å². The molecule has 2 aromatic rings. The summed E-state index contributed by atoms with van der Waals surface area (Å²) in [5.74, 6) is -2.89. The first kappa shape index (κ1) is 49.6. The minimum absolute atomic E-state index is 0.0571. The molecular formula is C40H54O24. The van der Waals surface area contributed by atoms with Crippen LogP contribution in [-0.2, 0) is 53.8 Å². The zero-order valence-electron chi connectivity index (χ0n) is 34.0. The van der Waals surface area contributed by atoms with E-state index >= 15 is 0 Å². The monoisotopic (exact) mass is 918 g/mol. The molecule has 64 heavy (non-hydrogen) atoms. The molecule has 0 radical (unpaired) electrons. The third-order valence-electron chi connectivity index (χ3n) is 11.1. The first-order valence-electron chi connectivity index (χ1n) is 20.2. The van der Waals surface area contributed by atoms with Gasteiger partial charge in [0, 0.05) is 6.08 Å². The van der Waals surface area contributed by atoms with Crippen LogP contribution in [0.5, 0.6) is 23.0 Å². The Morgan fingerprint density at radius 1 is 0.641 bits per heavy atom. The number of hydrogen-bond donors (Lipinski definition) is 14. The average Bonchev–Trinajstić information content (AvgIpc) is 3.26. The Labute approximate surface area is 363 Å². The first-order chi connectivity index (χ1) is 30.4. The molecule has 0 spiro atoms. The summed E-state index contributed by atoms with van der Waals surface area (Å²) in [6.45, 7) is -0.978. The maximum absolute atomic E-state index is 13.6. The van der Waals surface area contributed by atoms with Gasteiger partial charge in [-0.15, -0.1) is 0 Å². The molecule has 4 heterocycles. The zero-order chi connectivity index (χ0) is 46.6. The second-order valence-corrected chi connectivity index (χ2v) is 15.6. The lowest BCUT2D eigenvalue weighted by molar-refractivity contribution is -0.383. The van der Waals surface area contributed by atoms with E-state index in [-0.39, 0.29) is 24.3 Å². The largest absolute Gasteiger partial charge is 0.504 e. The minimum atomic E-state index is -1.97. The number of aliphatic hydroxyl groups excluding tert-OH is 10. The number of benzene rings is 2. The second-order valence-electron chi connectivity index (χ2n) is 15.6. The zero-order valence-corrected chi connectivity index (χ0v) is 34.0. The van der Waals surface area contributed by atoms with Gasteiger partial charge in [-0.05, 0) is 54.8 Å². The van der Waals surface area contributed by atoms with Crippen LogP contribution in [0.3, 0.4) is 0 Å². The molecule has 0 unspecified atom stereocenters. The number of phenols is 4. The van der Waals surface area contributed by atoms with E-state index in [4.69, 9.17) is 42.6 Å². The summed E-state index contributed by atoms with van der Waals surface area (Å²) < 4.78 is 52.3. The summed E-state index contributed by atoms with van der Waals surface area (Å²) in [6.07, 6.45) is -30.8. The maximum Gasteiger partial charge on any atom is 0.331 e.